The maximum atomic E-state index is 11.9. The molecular formula is C16H22N2O3. The molecule has 0 amide bonds. The maximum absolute atomic E-state index is 11.9. The third-order valence-electron chi connectivity index (χ3n) is 4.41. The van der Waals surface area contributed by atoms with Gasteiger partial charge in [-0.05, 0) is 43.9 Å². The molecule has 1 aromatic carbocycles. The molecule has 1 saturated heterocycles. The first kappa shape index (κ1) is 14.4. The van der Waals surface area contributed by atoms with E-state index in [0.717, 1.165) is 36.9 Å². The number of aromatic nitrogens is 1. The minimum Gasteiger partial charge on any atom is -0.408 e. The molecule has 1 aliphatic heterocycles. The molecule has 5 heteroatoms. The number of oxazole rings is 1. The van der Waals surface area contributed by atoms with Crippen LogP contribution in [0.4, 0.5) is 0 Å². The summed E-state index contributed by atoms with van der Waals surface area (Å²) >= 11 is 0. The predicted octanol–water partition coefficient (Wildman–Crippen LogP) is 2.57. The van der Waals surface area contributed by atoms with E-state index in [4.69, 9.17) is 14.9 Å². The number of benzene rings is 1. The maximum Gasteiger partial charge on any atom is 0.419 e. The predicted molar refractivity (Wildman–Crippen MR) is 81.3 cm³/mol. The SMILES string of the molecule is CCCn1c(=O)oc2cc(C(N)C3(C)CCCO3)ccc21. The lowest BCUT2D eigenvalue weighted by Gasteiger charge is -2.30. The van der Waals surface area contributed by atoms with E-state index in [2.05, 4.69) is 0 Å². The quantitative estimate of drug-likeness (QED) is 0.939. The van der Waals surface area contributed by atoms with Crippen molar-refractivity contribution in [3.63, 3.8) is 0 Å². The van der Waals surface area contributed by atoms with E-state index in [0.29, 0.717) is 12.1 Å². The lowest BCUT2D eigenvalue weighted by molar-refractivity contribution is -0.00171. The van der Waals surface area contributed by atoms with Crippen LogP contribution in [0.2, 0.25) is 0 Å². The first-order valence-electron chi connectivity index (χ1n) is 7.58. The average molecular weight is 290 g/mol. The van der Waals surface area contributed by atoms with Crippen LogP contribution in [0.3, 0.4) is 0 Å². The number of hydrogen-bond donors (Lipinski definition) is 1. The highest BCUT2D eigenvalue weighted by Crippen LogP contribution is 2.36. The van der Waals surface area contributed by atoms with Crippen LogP contribution in [0.15, 0.2) is 27.4 Å². The lowest BCUT2D eigenvalue weighted by Crippen LogP contribution is -2.37. The summed E-state index contributed by atoms with van der Waals surface area (Å²) in [5.41, 5.74) is 8.42. The Morgan fingerprint density at radius 3 is 2.95 bits per heavy atom. The van der Waals surface area contributed by atoms with Gasteiger partial charge in [-0.15, -0.1) is 0 Å². The molecule has 5 nitrogen and oxygen atoms in total. The van der Waals surface area contributed by atoms with Gasteiger partial charge in [0, 0.05) is 13.2 Å². The summed E-state index contributed by atoms with van der Waals surface area (Å²) in [4.78, 5) is 11.9. The molecule has 1 fully saturated rings. The van der Waals surface area contributed by atoms with E-state index in [1.54, 1.807) is 4.57 Å². The summed E-state index contributed by atoms with van der Waals surface area (Å²) in [5, 5.41) is 0. The molecule has 2 heterocycles. The number of nitrogens with two attached hydrogens (primary N) is 1. The molecule has 21 heavy (non-hydrogen) atoms. The Kier molecular flexibility index (Phi) is 3.63. The molecule has 2 aromatic rings. The Labute approximate surface area is 123 Å². The molecule has 1 aliphatic rings. The number of fused-ring (bicyclic) bond motifs is 1. The minimum atomic E-state index is -0.333. The van der Waals surface area contributed by atoms with Crippen molar-refractivity contribution >= 4 is 11.1 Å². The average Bonchev–Trinajstić information content (AvgIpc) is 3.04. The molecule has 0 aliphatic carbocycles. The molecule has 2 unspecified atom stereocenters. The van der Waals surface area contributed by atoms with Gasteiger partial charge in [-0.25, -0.2) is 4.79 Å². The van der Waals surface area contributed by atoms with Crippen molar-refractivity contribution in [3.05, 3.63) is 34.3 Å². The molecule has 0 bridgehead atoms. The summed E-state index contributed by atoms with van der Waals surface area (Å²) in [6.45, 7) is 5.51. The molecule has 0 radical (unpaired) electrons. The second-order valence-electron chi connectivity index (χ2n) is 5.99. The van der Waals surface area contributed by atoms with Gasteiger partial charge in [-0.1, -0.05) is 13.0 Å². The largest absolute Gasteiger partial charge is 0.419 e. The highest BCUT2D eigenvalue weighted by molar-refractivity contribution is 5.74. The third kappa shape index (κ3) is 2.40. The zero-order chi connectivity index (χ0) is 15.0. The van der Waals surface area contributed by atoms with Crippen LogP contribution in [0.5, 0.6) is 0 Å². The number of rotatable bonds is 4. The fourth-order valence-electron chi connectivity index (χ4n) is 3.11. The van der Waals surface area contributed by atoms with Crippen molar-refractivity contribution in [3.8, 4) is 0 Å². The molecule has 114 valence electrons. The van der Waals surface area contributed by atoms with Gasteiger partial charge in [0.05, 0.1) is 17.2 Å². The van der Waals surface area contributed by atoms with Crippen molar-refractivity contribution in [2.75, 3.05) is 6.61 Å². The van der Waals surface area contributed by atoms with Gasteiger partial charge in [0.1, 0.15) is 0 Å². The van der Waals surface area contributed by atoms with Gasteiger partial charge in [-0.2, -0.15) is 0 Å². The number of ether oxygens (including phenoxy) is 1. The second-order valence-corrected chi connectivity index (χ2v) is 5.99. The molecule has 3 rings (SSSR count). The monoisotopic (exact) mass is 290 g/mol. The molecular weight excluding hydrogens is 268 g/mol. The van der Waals surface area contributed by atoms with Gasteiger partial charge in [-0.3, -0.25) is 4.57 Å². The normalized spacial score (nSPS) is 23.8. The Balaban J connectivity index is 2.00. The van der Waals surface area contributed by atoms with Crippen LogP contribution in [0.25, 0.3) is 11.1 Å². The number of hydrogen-bond acceptors (Lipinski definition) is 4. The van der Waals surface area contributed by atoms with Crippen molar-refractivity contribution in [1.29, 1.82) is 0 Å². The molecule has 1 aromatic heterocycles. The van der Waals surface area contributed by atoms with Crippen molar-refractivity contribution in [2.24, 2.45) is 5.73 Å². The van der Waals surface area contributed by atoms with Crippen LogP contribution in [-0.4, -0.2) is 16.8 Å². The van der Waals surface area contributed by atoms with Crippen molar-refractivity contribution in [1.82, 2.24) is 4.57 Å². The Bertz CT molecular complexity index is 695. The smallest absolute Gasteiger partial charge is 0.408 e. The third-order valence-corrected chi connectivity index (χ3v) is 4.41. The fourth-order valence-corrected chi connectivity index (χ4v) is 3.11. The summed E-state index contributed by atoms with van der Waals surface area (Å²) in [6.07, 6.45) is 2.88. The Morgan fingerprint density at radius 1 is 1.48 bits per heavy atom. The van der Waals surface area contributed by atoms with Gasteiger partial charge in [0.15, 0.2) is 5.58 Å². The van der Waals surface area contributed by atoms with E-state index in [9.17, 15) is 4.79 Å². The highest BCUT2D eigenvalue weighted by atomic mass is 16.5. The summed E-state index contributed by atoms with van der Waals surface area (Å²) in [5.74, 6) is -0.305. The van der Waals surface area contributed by atoms with E-state index in [-0.39, 0.29) is 17.4 Å². The van der Waals surface area contributed by atoms with Crippen LogP contribution >= 0.6 is 0 Å². The van der Waals surface area contributed by atoms with Crippen LogP contribution in [-0.2, 0) is 11.3 Å². The van der Waals surface area contributed by atoms with Crippen molar-refractivity contribution in [2.45, 2.75) is 51.3 Å². The molecule has 2 N–H and O–H groups in total. The van der Waals surface area contributed by atoms with Crippen LogP contribution in [0.1, 0.15) is 44.7 Å². The lowest BCUT2D eigenvalue weighted by atomic mass is 9.88. The summed E-state index contributed by atoms with van der Waals surface area (Å²) in [7, 11) is 0. The van der Waals surface area contributed by atoms with Crippen LogP contribution in [0, 0.1) is 0 Å². The molecule has 0 spiro atoms. The van der Waals surface area contributed by atoms with Gasteiger partial charge < -0.3 is 14.9 Å². The first-order chi connectivity index (χ1) is 10.0. The zero-order valence-electron chi connectivity index (χ0n) is 12.6. The van der Waals surface area contributed by atoms with Gasteiger partial charge in [0.25, 0.3) is 0 Å². The summed E-state index contributed by atoms with van der Waals surface area (Å²) in [6, 6.07) is 5.55. The first-order valence-corrected chi connectivity index (χ1v) is 7.58. The van der Waals surface area contributed by atoms with E-state index < -0.39 is 0 Å². The van der Waals surface area contributed by atoms with E-state index in [1.165, 1.54) is 0 Å². The fraction of sp³-hybridized carbons (Fsp3) is 0.562. The number of aryl methyl sites for hydroxylation is 1. The van der Waals surface area contributed by atoms with E-state index >= 15 is 0 Å². The second kappa shape index (κ2) is 5.31. The van der Waals surface area contributed by atoms with Gasteiger partial charge in [0.2, 0.25) is 0 Å². The standard InChI is InChI=1S/C16H22N2O3/c1-3-8-18-12-6-5-11(10-13(12)21-15(18)19)14(17)16(2)7-4-9-20-16/h5-6,10,14H,3-4,7-9,17H2,1-2H3. The topological polar surface area (TPSA) is 70.4 Å². The Morgan fingerprint density at radius 2 is 2.29 bits per heavy atom. The molecule has 2 atom stereocenters. The summed E-state index contributed by atoms with van der Waals surface area (Å²) < 4.78 is 12.8. The highest BCUT2D eigenvalue weighted by Gasteiger charge is 2.37. The number of nitrogens with zero attached hydrogens (tertiary/aromatic N) is 1. The van der Waals surface area contributed by atoms with E-state index in [1.807, 2.05) is 32.0 Å². The minimum absolute atomic E-state index is 0.218. The van der Waals surface area contributed by atoms with Crippen molar-refractivity contribution < 1.29 is 9.15 Å². The Hall–Kier alpha value is -1.59. The van der Waals surface area contributed by atoms with Crippen LogP contribution < -0.4 is 11.5 Å². The van der Waals surface area contributed by atoms with Gasteiger partial charge >= 0.3 is 5.76 Å². The molecule has 0 saturated carbocycles. The zero-order valence-corrected chi connectivity index (χ0v) is 12.6.